The van der Waals surface area contributed by atoms with Crippen LogP contribution in [-0.2, 0) is 15.4 Å². The van der Waals surface area contributed by atoms with Crippen LogP contribution in [0.1, 0.15) is 55.2 Å². The van der Waals surface area contributed by atoms with Crippen LogP contribution < -0.4 is 9.62 Å². The highest BCUT2D eigenvalue weighted by Gasteiger charge is 2.22. The molecule has 0 radical (unpaired) electrons. The van der Waals surface area contributed by atoms with Gasteiger partial charge in [0.2, 0.25) is 0 Å². The van der Waals surface area contributed by atoms with E-state index in [0.29, 0.717) is 11.3 Å². The van der Waals surface area contributed by atoms with Gasteiger partial charge in [-0.05, 0) is 78.3 Å². The number of benzene rings is 3. The highest BCUT2D eigenvalue weighted by atomic mass is 32.2. The van der Waals surface area contributed by atoms with Crippen molar-refractivity contribution in [1.82, 2.24) is 5.32 Å². The first-order valence-corrected chi connectivity index (χ1v) is 13.7. The minimum Gasteiger partial charge on any atom is -0.346 e. The molecule has 0 aliphatic carbocycles. The number of hydrogen-bond acceptors (Lipinski definition) is 4. The van der Waals surface area contributed by atoms with Crippen molar-refractivity contribution in [3.8, 4) is 0 Å². The molecule has 0 heterocycles. The molecule has 0 bridgehead atoms. The van der Waals surface area contributed by atoms with Crippen LogP contribution in [0.15, 0.2) is 82.6 Å². The molecule has 1 amide bonds. The third kappa shape index (κ3) is 5.83. The van der Waals surface area contributed by atoms with Gasteiger partial charge in [-0.3, -0.25) is 9.10 Å². The van der Waals surface area contributed by atoms with E-state index >= 15 is 0 Å². The van der Waals surface area contributed by atoms with E-state index in [4.69, 9.17) is 0 Å². The molecule has 5 nitrogen and oxygen atoms in total. The van der Waals surface area contributed by atoms with Crippen molar-refractivity contribution in [3.63, 3.8) is 0 Å². The zero-order valence-electron chi connectivity index (χ0n) is 20.5. The highest BCUT2D eigenvalue weighted by molar-refractivity contribution is 7.98. The minimum atomic E-state index is -3.70. The Morgan fingerprint density at radius 1 is 0.912 bits per heavy atom. The highest BCUT2D eigenvalue weighted by Crippen LogP contribution is 2.26. The van der Waals surface area contributed by atoms with E-state index in [1.54, 1.807) is 60.3 Å². The largest absolute Gasteiger partial charge is 0.346 e. The van der Waals surface area contributed by atoms with Crippen LogP contribution in [0.25, 0.3) is 0 Å². The van der Waals surface area contributed by atoms with Gasteiger partial charge in [0, 0.05) is 17.5 Å². The molecule has 0 aromatic heterocycles. The topological polar surface area (TPSA) is 66.5 Å². The molecule has 0 saturated heterocycles. The predicted molar refractivity (Wildman–Crippen MR) is 141 cm³/mol. The fourth-order valence-electron chi connectivity index (χ4n) is 3.50. The summed E-state index contributed by atoms with van der Waals surface area (Å²) in [5.74, 6) is -0.211. The van der Waals surface area contributed by atoms with Gasteiger partial charge >= 0.3 is 0 Å². The number of hydrogen-bond donors (Lipinski definition) is 1. The number of carbonyl (C=O) groups is 1. The molecule has 180 valence electrons. The molecular weight excluding hydrogens is 464 g/mol. The molecule has 0 spiro atoms. The van der Waals surface area contributed by atoms with Crippen molar-refractivity contribution < 1.29 is 13.2 Å². The van der Waals surface area contributed by atoms with Crippen molar-refractivity contribution in [2.75, 3.05) is 17.6 Å². The quantitative estimate of drug-likeness (QED) is 0.406. The lowest BCUT2D eigenvalue weighted by Gasteiger charge is -2.21. The van der Waals surface area contributed by atoms with Crippen LogP contribution in [0.5, 0.6) is 0 Å². The van der Waals surface area contributed by atoms with Gasteiger partial charge in [-0.15, -0.1) is 11.8 Å². The molecule has 0 aliphatic heterocycles. The van der Waals surface area contributed by atoms with Crippen LogP contribution in [-0.4, -0.2) is 27.6 Å². The van der Waals surface area contributed by atoms with Gasteiger partial charge in [-0.25, -0.2) is 8.42 Å². The van der Waals surface area contributed by atoms with E-state index in [1.165, 1.54) is 16.9 Å². The normalized spacial score (nSPS) is 12.8. The van der Waals surface area contributed by atoms with Gasteiger partial charge in [0.1, 0.15) is 0 Å². The lowest BCUT2D eigenvalue weighted by atomic mass is 9.86. The smallest absolute Gasteiger partial charge is 0.264 e. The number of rotatable bonds is 7. The van der Waals surface area contributed by atoms with E-state index < -0.39 is 10.0 Å². The summed E-state index contributed by atoms with van der Waals surface area (Å²) in [7, 11) is -2.19. The number of nitrogens with one attached hydrogen (secondary N) is 1. The SMILES string of the molecule is CSc1ccc(S(=O)(=O)N(C)c2ccc(C(=O)NC(C)c3ccc(C(C)(C)C)cc3)cc2)cc1. The zero-order chi connectivity index (χ0) is 25.1. The van der Waals surface area contributed by atoms with E-state index in [0.717, 1.165) is 10.5 Å². The molecule has 0 fully saturated rings. The second kappa shape index (κ2) is 10.2. The van der Waals surface area contributed by atoms with Crippen molar-refractivity contribution in [3.05, 3.63) is 89.5 Å². The summed E-state index contributed by atoms with van der Waals surface area (Å²) in [6, 6.07) is 21.5. The summed E-state index contributed by atoms with van der Waals surface area (Å²) in [5.41, 5.74) is 3.29. The molecule has 3 rings (SSSR count). The minimum absolute atomic E-state index is 0.0748. The maximum Gasteiger partial charge on any atom is 0.264 e. The average molecular weight is 497 g/mol. The predicted octanol–water partition coefficient (Wildman–Crippen LogP) is 6.02. The molecule has 7 heteroatoms. The van der Waals surface area contributed by atoms with Crippen molar-refractivity contribution in [2.45, 2.75) is 48.9 Å². The number of sulfonamides is 1. The third-order valence-corrected chi connectivity index (χ3v) is 8.38. The fourth-order valence-corrected chi connectivity index (χ4v) is 5.11. The number of amides is 1. The molecule has 34 heavy (non-hydrogen) atoms. The molecule has 1 unspecified atom stereocenters. The second-order valence-electron chi connectivity index (χ2n) is 9.26. The molecule has 3 aromatic rings. The lowest BCUT2D eigenvalue weighted by molar-refractivity contribution is 0.0940. The van der Waals surface area contributed by atoms with Crippen LogP contribution >= 0.6 is 11.8 Å². The standard InChI is InChI=1S/C27H32N2O3S2/c1-19(20-7-11-22(12-8-20)27(2,3)4)28-26(30)21-9-13-23(14-10-21)29(5)34(31,32)25-17-15-24(33-6)16-18-25/h7-19H,1-6H3,(H,28,30). The summed E-state index contributed by atoms with van der Waals surface area (Å²) in [4.78, 5) is 14.0. The van der Waals surface area contributed by atoms with Crippen LogP contribution in [0, 0.1) is 0 Å². The maximum absolute atomic E-state index is 13.0. The fraction of sp³-hybridized carbons (Fsp3) is 0.296. The Morgan fingerprint density at radius 2 is 1.47 bits per heavy atom. The van der Waals surface area contributed by atoms with Gasteiger partial charge in [0.15, 0.2) is 0 Å². The van der Waals surface area contributed by atoms with Crippen LogP contribution in [0.2, 0.25) is 0 Å². The first-order chi connectivity index (χ1) is 15.9. The van der Waals surface area contributed by atoms with E-state index in [9.17, 15) is 13.2 Å². The Bertz CT molecular complexity index is 1230. The first kappa shape index (κ1) is 25.8. The van der Waals surface area contributed by atoms with Gasteiger partial charge in [-0.2, -0.15) is 0 Å². The molecular formula is C27H32N2O3S2. The number of thioether (sulfide) groups is 1. The van der Waals surface area contributed by atoms with Crippen LogP contribution in [0.4, 0.5) is 5.69 Å². The molecule has 3 aromatic carbocycles. The lowest BCUT2D eigenvalue weighted by Crippen LogP contribution is -2.28. The number of anilines is 1. The van der Waals surface area contributed by atoms with E-state index in [2.05, 4.69) is 38.2 Å². The summed E-state index contributed by atoms with van der Waals surface area (Å²) >= 11 is 1.55. The van der Waals surface area contributed by atoms with Crippen molar-refractivity contribution in [2.24, 2.45) is 0 Å². The third-order valence-electron chi connectivity index (χ3n) is 5.84. The number of nitrogens with zero attached hydrogens (tertiary/aromatic N) is 1. The summed E-state index contributed by atoms with van der Waals surface area (Å²) < 4.78 is 27.2. The molecule has 1 atom stereocenters. The van der Waals surface area contributed by atoms with Crippen LogP contribution in [0.3, 0.4) is 0 Å². The van der Waals surface area contributed by atoms with Gasteiger partial charge in [-0.1, -0.05) is 45.0 Å². The monoisotopic (exact) mass is 496 g/mol. The Kier molecular flexibility index (Phi) is 7.78. The number of carbonyl (C=O) groups excluding carboxylic acids is 1. The van der Waals surface area contributed by atoms with Gasteiger partial charge < -0.3 is 5.32 Å². The van der Waals surface area contributed by atoms with Gasteiger partial charge in [0.05, 0.1) is 16.6 Å². The zero-order valence-corrected chi connectivity index (χ0v) is 22.1. The molecule has 0 aliphatic rings. The average Bonchev–Trinajstić information content (AvgIpc) is 2.83. The van der Waals surface area contributed by atoms with Gasteiger partial charge in [0.25, 0.3) is 15.9 Å². The van der Waals surface area contributed by atoms with E-state index in [1.807, 2.05) is 25.3 Å². The summed E-state index contributed by atoms with van der Waals surface area (Å²) in [6.45, 7) is 8.45. The van der Waals surface area contributed by atoms with Crippen molar-refractivity contribution >= 4 is 33.4 Å². The molecule has 1 N–H and O–H groups in total. The Labute approximate surface area is 207 Å². The summed E-state index contributed by atoms with van der Waals surface area (Å²) in [6.07, 6.45) is 1.94. The maximum atomic E-state index is 13.0. The summed E-state index contributed by atoms with van der Waals surface area (Å²) in [5, 5.41) is 3.01. The molecule has 0 saturated carbocycles. The second-order valence-corrected chi connectivity index (χ2v) is 12.1. The Morgan fingerprint density at radius 3 is 1.97 bits per heavy atom. The van der Waals surface area contributed by atoms with E-state index in [-0.39, 0.29) is 22.3 Å². The Hall–Kier alpha value is -2.77. The Balaban J connectivity index is 1.69. The first-order valence-electron chi connectivity index (χ1n) is 11.1. The van der Waals surface area contributed by atoms with Crippen molar-refractivity contribution in [1.29, 1.82) is 0 Å².